The minimum atomic E-state index is -0.944. The molecule has 1 N–H and O–H groups in total. The summed E-state index contributed by atoms with van der Waals surface area (Å²) < 4.78 is 5.78. The van der Waals surface area contributed by atoms with Crippen molar-refractivity contribution in [3.8, 4) is 0 Å². The number of carbonyl (C=O) groups is 1. The maximum Gasteiger partial charge on any atom is 0.336 e. The quantitative estimate of drug-likeness (QED) is 0.850. The molecular weight excluding hydrogens is 261 g/mol. The van der Waals surface area contributed by atoms with E-state index in [0.717, 1.165) is 43.2 Å². The summed E-state index contributed by atoms with van der Waals surface area (Å²) in [6.45, 7) is 6.32. The molecular formula is C13H18BNO3S. The van der Waals surface area contributed by atoms with E-state index in [-0.39, 0.29) is 5.56 Å². The number of aromatic carboxylic acids is 1. The molecule has 2 heterocycles. The van der Waals surface area contributed by atoms with Gasteiger partial charge < -0.3 is 14.7 Å². The first-order valence-electron chi connectivity index (χ1n) is 6.52. The predicted octanol–water partition coefficient (Wildman–Crippen LogP) is 1.55. The van der Waals surface area contributed by atoms with Gasteiger partial charge in [0.05, 0.1) is 10.6 Å². The Morgan fingerprint density at radius 3 is 2.63 bits per heavy atom. The third-order valence-corrected chi connectivity index (χ3v) is 4.75. The summed E-state index contributed by atoms with van der Waals surface area (Å²) in [5.74, 6) is -0.944. The summed E-state index contributed by atoms with van der Waals surface area (Å²) >= 11 is 1.38. The highest BCUT2D eigenvalue weighted by Crippen LogP contribution is 2.32. The fourth-order valence-electron chi connectivity index (χ4n) is 2.63. The standard InChI is InChI=1S/C13H18BNO3S/c1-3-15(9-4-6-18-7-5-9)12-8(2)10(13(16)17)11(14)19-12/h9H,3-7H2,1-2H3,(H,16,17). The van der Waals surface area contributed by atoms with E-state index in [1.165, 1.54) is 11.3 Å². The Balaban J connectivity index is 2.32. The maximum atomic E-state index is 11.2. The van der Waals surface area contributed by atoms with E-state index in [9.17, 15) is 9.90 Å². The lowest BCUT2D eigenvalue weighted by atomic mass is 9.99. The third kappa shape index (κ3) is 2.79. The van der Waals surface area contributed by atoms with Gasteiger partial charge in [-0.25, -0.2) is 4.79 Å². The van der Waals surface area contributed by atoms with Gasteiger partial charge in [-0.3, -0.25) is 0 Å². The smallest absolute Gasteiger partial charge is 0.336 e. The number of hydrogen-bond donors (Lipinski definition) is 1. The number of thiophene rings is 1. The van der Waals surface area contributed by atoms with Gasteiger partial charge >= 0.3 is 5.97 Å². The van der Waals surface area contributed by atoms with Crippen LogP contribution in [0.4, 0.5) is 5.00 Å². The van der Waals surface area contributed by atoms with Crippen LogP contribution in [0.1, 0.15) is 35.7 Å². The van der Waals surface area contributed by atoms with Crippen LogP contribution in [-0.4, -0.2) is 44.7 Å². The van der Waals surface area contributed by atoms with Crippen molar-refractivity contribution < 1.29 is 14.6 Å². The average molecular weight is 279 g/mol. The highest BCUT2D eigenvalue weighted by Gasteiger charge is 2.26. The molecule has 1 aliphatic heterocycles. The van der Waals surface area contributed by atoms with E-state index in [2.05, 4.69) is 11.8 Å². The molecule has 2 rings (SSSR count). The molecule has 1 aliphatic rings. The van der Waals surface area contributed by atoms with Crippen molar-refractivity contribution in [2.24, 2.45) is 0 Å². The number of carboxylic acids is 1. The van der Waals surface area contributed by atoms with Crippen molar-refractivity contribution in [1.82, 2.24) is 0 Å². The van der Waals surface area contributed by atoms with Crippen LogP contribution in [0.2, 0.25) is 0 Å². The van der Waals surface area contributed by atoms with Crippen molar-refractivity contribution in [2.75, 3.05) is 24.7 Å². The summed E-state index contributed by atoms with van der Waals surface area (Å²) in [5, 5.41) is 10.2. The monoisotopic (exact) mass is 279 g/mol. The van der Waals surface area contributed by atoms with Crippen LogP contribution in [0, 0.1) is 6.92 Å². The van der Waals surface area contributed by atoms with Gasteiger partial charge in [-0.1, -0.05) is 0 Å². The van der Waals surface area contributed by atoms with Crippen molar-refractivity contribution in [2.45, 2.75) is 32.7 Å². The molecule has 0 atom stereocenters. The second-order valence-electron chi connectivity index (χ2n) is 4.71. The number of rotatable bonds is 4. The fraction of sp³-hybridized carbons (Fsp3) is 0.615. The molecule has 1 saturated heterocycles. The normalized spacial score (nSPS) is 16.5. The van der Waals surface area contributed by atoms with E-state index in [0.29, 0.717) is 10.8 Å². The van der Waals surface area contributed by atoms with Crippen molar-refractivity contribution in [1.29, 1.82) is 0 Å². The molecule has 1 fully saturated rings. The first kappa shape index (κ1) is 14.4. The van der Waals surface area contributed by atoms with Gasteiger partial charge in [-0.2, -0.15) is 0 Å². The van der Waals surface area contributed by atoms with Crippen LogP contribution >= 0.6 is 11.3 Å². The predicted molar refractivity (Wildman–Crippen MR) is 78.3 cm³/mol. The molecule has 0 saturated carbocycles. The first-order valence-corrected chi connectivity index (χ1v) is 7.34. The van der Waals surface area contributed by atoms with Crippen molar-refractivity contribution in [3.63, 3.8) is 0 Å². The zero-order valence-corrected chi connectivity index (χ0v) is 12.1. The largest absolute Gasteiger partial charge is 0.478 e. The Labute approximate surface area is 118 Å². The summed E-state index contributed by atoms with van der Waals surface area (Å²) in [6.07, 6.45) is 1.96. The number of hydrogen-bond acceptors (Lipinski definition) is 4. The topological polar surface area (TPSA) is 49.8 Å². The Morgan fingerprint density at radius 2 is 2.16 bits per heavy atom. The Morgan fingerprint density at radius 1 is 1.53 bits per heavy atom. The van der Waals surface area contributed by atoms with Crippen LogP contribution in [0.25, 0.3) is 0 Å². The molecule has 0 aromatic carbocycles. The lowest BCUT2D eigenvalue weighted by Gasteiger charge is -2.34. The molecule has 0 amide bonds. The maximum absolute atomic E-state index is 11.2. The summed E-state index contributed by atoms with van der Waals surface area (Å²) in [5.41, 5.74) is 1.04. The highest BCUT2D eigenvalue weighted by molar-refractivity contribution is 7.24. The van der Waals surface area contributed by atoms with E-state index in [4.69, 9.17) is 12.6 Å². The zero-order chi connectivity index (χ0) is 14.0. The van der Waals surface area contributed by atoms with Gasteiger partial charge in [-0.15, -0.1) is 11.3 Å². The Bertz CT molecular complexity index is 469. The molecule has 0 spiro atoms. The molecule has 2 radical (unpaired) electrons. The summed E-state index contributed by atoms with van der Waals surface area (Å²) in [7, 11) is 5.85. The molecule has 1 aromatic rings. The molecule has 0 aliphatic carbocycles. The molecule has 102 valence electrons. The van der Waals surface area contributed by atoms with Gasteiger partial charge in [0, 0.05) is 25.8 Å². The molecule has 4 nitrogen and oxygen atoms in total. The second kappa shape index (κ2) is 5.97. The molecule has 0 unspecified atom stereocenters. The van der Waals surface area contributed by atoms with Crippen LogP contribution < -0.4 is 9.68 Å². The second-order valence-corrected chi connectivity index (χ2v) is 5.74. The SMILES string of the molecule is [B]c1sc(N(CC)C2CCOCC2)c(C)c1C(=O)O. The number of nitrogens with zero attached hydrogens (tertiary/aromatic N) is 1. The van der Waals surface area contributed by atoms with E-state index < -0.39 is 5.97 Å². The lowest BCUT2D eigenvalue weighted by molar-refractivity contribution is 0.0698. The van der Waals surface area contributed by atoms with Crippen LogP contribution in [0.3, 0.4) is 0 Å². The summed E-state index contributed by atoms with van der Waals surface area (Å²) in [4.78, 5) is 13.5. The minimum Gasteiger partial charge on any atom is -0.478 e. The molecule has 19 heavy (non-hydrogen) atoms. The van der Waals surface area contributed by atoms with E-state index in [1.807, 2.05) is 6.92 Å². The molecule has 0 bridgehead atoms. The highest BCUT2D eigenvalue weighted by atomic mass is 32.1. The van der Waals surface area contributed by atoms with Crippen LogP contribution in [-0.2, 0) is 4.74 Å². The zero-order valence-electron chi connectivity index (χ0n) is 11.3. The minimum absolute atomic E-state index is 0.255. The Hall–Kier alpha value is -1.01. The molecule has 6 heteroatoms. The molecule has 1 aromatic heterocycles. The third-order valence-electron chi connectivity index (χ3n) is 3.60. The van der Waals surface area contributed by atoms with Gasteiger partial charge in [0.2, 0.25) is 0 Å². The van der Waals surface area contributed by atoms with Gasteiger partial charge in [0.25, 0.3) is 0 Å². The Kier molecular flexibility index (Phi) is 4.52. The number of anilines is 1. The van der Waals surface area contributed by atoms with Gasteiger partial charge in [-0.05, 0) is 37.0 Å². The van der Waals surface area contributed by atoms with E-state index in [1.54, 1.807) is 0 Å². The van der Waals surface area contributed by atoms with Crippen molar-refractivity contribution in [3.05, 3.63) is 11.1 Å². The van der Waals surface area contributed by atoms with Gasteiger partial charge in [0.15, 0.2) is 0 Å². The van der Waals surface area contributed by atoms with Crippen LogP contribution in [0.5, 0.6) is 0 Å². The van der Waals surface area contributed by atoms with E-state index >= 15 is 0 Å². The van der Waals surface area contributed by atoms with Crippen LogP contribution in [0.15, 0.2) is 0 Å². The number of ether oxygens (including phenoxy) is 1. The van der Waals surface area contributed by atoms with Crippen molar-refractivity contribution >= 4 is 34.9 Å². The fourth-order valence-corrected chi connectivity index (χ4v) is 3.83. The average Bonchev–Trinajstić information content (AvgIpc) is 2.67. The van der Waals surface area contributed by atoms with Gasteiger partial charge in [0.1, 0.15) is 7.85 Å². The lowest BCUT2D eigenvalue weighted by Crippen LogP contribution is -2.39. The number of carboxylic acid groups (broad SMARTS) is 1. The first-order chi connectivity index (χ1) is 9.06. The summed E-state index contributed by atoms with van der Waals surface area (Å²) in [6, 6.07) is 0.414.